The van der Waals surface area contributed by atoms with Crippen LogP contribution < -0.4 is 10.1 Å². The number of carboxylic acid groups (broad SMARTS) is 1. The minimum atomic E-state index is -0.941. The van der Waals surface area contributed by atoms with Crippen molar-refractivity contribution in [2.45, 2.75) is 13.8 Å². The fourth-order valence-corrected chi connectivity index (χ4v) is 1.02. The van der Waals surface area contributed by atoms with E-state index >= 15 is 0 Å². The molecule has 15 heavy (non-hydrogen) atoms. The van der Waals surface area contributed by atoms with Crippen molar-refractivity contribution in [2.75, 3.05) is 18.5 Å². The molecule has 0 aromatic carbocycles. The van der Waals surface area contributed by atoms with Crippen LogP contribution in [-0.4, -0.2) is 34.2 Å². The predicted molar refractivity (Wildman–Crippen MR) is 54.1 cm³/mol. The molecule has 0 aliphatic heterocycles. The Morgan fingerprint density at radius 1 is 1.60 bits per heavy atom. The van der Waals surface area contributed by atoms with E-state index < -0.39 is 5.97 Å². The van der Waals surface area contributed by atoms with Crippen molar-refractivity contribution in [1.82, 2.24) is 9.97 Å². The molecule has 82 valence electrons. The molecule has 1 rings (SSSR count). The fraction of sp³-hybridized carbons (Fsp3) is 0.444. The topological polar surface area (TPSA) is 84.3 Å². The molecule has 0 atom stereocenters. The average molecular weight is 211 g/mol. The number of hydrogen-bond donors (Lipinski definition) is 2. The zero-order valence-electron chi connectivity index (χ0n) is 8.65. The number of nitrogens with zero attached hydrogens (tertiary/aromatic N) is 2. The molecule has 0 radical (unpaired) electrons. The van der Waals surface area contributed by atoms with Gasteiger partial charge in [-0.1, -0.05) is 0 Å². The van der Waals surface area contributed by atoms with Crippen molar-refractivity contribution in [2.24, 2.45) is 0 Å². The minimum Gasteiger partial charge on any atom is -0.480 e. The standard InChI is InChI=1S/C9H13N3O3/c1-3-15-8-4-7(10-5-9(13)14)11-6(2)12-8/h4H,3,5H2,1-2H3,(H,13,14)(H,10,11,12). The van der Waals surface area contributed by atoms with E-state index in [0.717, 1.165) is 0 Å². The zero-order chi connectivity index (χ0) is 11.3. The lowest BCUT2D eigenvalue weighted by Crippen LogP contribution is -2.14. The summed E-state index contributed by atoms with van der Waals surface area (Å²) in [5, 5.41) is 11.1. The van der Waals surface area contributed by atoms with Crippen molar-refractivity contribution in [3.8, 4) is 5.88 Å². The SMILES string of the molecule is CCOc1cc(NCC(=O)O)nc(C)n1. The number of aryl methyl sites for hydroxylation is 1. The van der Waals surface area contributed by atoms with E-state index in [2.05, 4.69) is 15.3 Å². The van der Waals surface area contributed by atoms with E-state index in [1.54, 1.807) is 13.0 Å². The molecule has 0 saturated carbocycles. The number of aliphatic carboxylic acids is 1. The second-order valence-electron chi connectivity index (χ2n) is 2.82. The van der Waals surface area contributed by atoms with E-state index in [-0.39, 0.29) is 6.54 Å². The third-order valence-electron chi connectivity index (χ3n) is 1.53. The number of carbonyl (C=O) groups is 1. The highest BCUT2D eigenvalue weighted by Gasteiger charge is 2.03. The number of nitrogens with one attached hydrogen (secondary N) is 1. The first-order valence-electron chi connectivity index (χ1n) is 4.56. The van der Waals surface area contributed by atoms with Gasteiger partial charge in [-0.15, -0.1) is 0 Å². The Labute approximate surface area is 87.3 Å². The maximum atomic E-state index is 10.3. The molecule has 6 heteroatoms. The highest BCUT2D eigenvalue weighted by Crippen LogP contribution is 2.12. The van der Waals surface area contributed by atoms with Crippen LogP contribution in [-0.2, 0) is 4.79 Å². The number of aromatic nitrogens is 2. The molecule has 1 aromatic heterocycles. The minimum absolute atomic E-state index is 0.179. The third-order valence-corrected chi connectivity index (χ3v) is 1.53. The smallest absolute Gasteiger partial charge is 0.322 e. The molecule has 0 saturated heterocycles. The fourth-order valence-electron chi connectivity index (χ4n) is 1.02. The summed E-state index contributed by atoms with van der Waals surface area (Å²) in [7, 11) is 0. The Balaban J connectivity index is 2.74. The molecule has 2 N–H and O–H groups in total. The first-order chi connectivity index (χ1) is 7.11. The summed E-state index contributed by atoms with van der Waals surface area (Å²) < 4.78 is 5.20. The Bertz CT molecular complexity index is 354. The van der Waals surface area contributed by atoms with Gasteiger partial charge >= 0.3 is 5.97 Å². The van der Waals surface area contributed by atoms with E-state index in [9.17, 15) is 4.79 Å². The van der Waals surface area contributed by atoms with Crippen molar-refractivity contribution in [1.29, 1.82) is 0 Å². The van der Waals surface area contributed by atoms with E-state index in [1.165, 1.54) is 0 Å². The Hall–Kier alpha value is -1.85. The highest BCUT2D eigenvalue weighted by atomic mass is 16.5. The number of rotatable bonds is 5. The quantitative estimate of drug-likeness (QED) is 0.745. The molecule has 0 aliphatic carbocycles. The van der Waals surface area contributed by atoms with Crippen LogP contribution in [0, 0.1) is 6.92 Å². The summed E-state index contributed by atoms with van der Waals surface area (Å²) in [4.78, 5) is 18.4. The summed E-state index contributed by atoms with van der Waals surface area (Å²) in [5.41, 5.74) is 0. The lowest BCUT2D eigenvalue weighted by Gasteiger charge is -2.06. The number of hydrogen-bond acceptors (Lipinski definition) is 5. The highest BCUT2D eigenvalue weighted by molar-refractivity contribution is 5.72. The summed E-state index contributed by atoms with van der Waals surface area (Å²) in [6.45, 7) is 3.90. The molecule has 0 fully saturated rings. The molecule has 6 nitrogen and oxygen atoms in total. The van der Waals surface area contributed by atoms with Crippen molar-refractivity contribution in [3.05, 3.63) is 11.9 Å². The van der Waals surface area contributed by atoms with Crippen LogP contribution in [0.4, 0.5) is 5.82 Å². The normalized spacial score (nSPS) is 9.73. The second kappa shape index (κ2) is 5.14. The first kappa shape index (κ1) is 11.2. The summed E-state index contributed by atoms with van der Waals surface area (Å²) in [6.07, 6.45) is 0. The van der Waals surface area contributed by atoms with E-state index in [0.29, 0.717) is 24.1 Å². The van der Waals surface area contributed by atoms with Gasteiger partial charge in [-0.3, -0.25) is 4.79 Å². The van der Waals surface area contributed by atoms with Crippen LogP contribution in [0.1, 0.15) is 12.7 Å². The Morgan fingerprint density at radius 3 is 2.93 bits per heavy atom. The molecule has 0 amide bonds. The van der Waals surface area contributed by atoms with Crippen LogP contribution >= 0.6 is 0 Å². The van der Waals surface area contributed by atoms with Gasteiger partial charge in [-0.2, -0.15) is 4.98 Å². The van der Waals surface area contributed by atoms with Gasteiger partial charge in [0.1, 0.15) is 18.2 Å². The van der Waals surface area contributed by atoms with Crippen molar-refractivity contribution in [3.63, 3.8) is 0 Å². The van der Waals surface area contributed by atoms with Gasteiger partial charge in [0.25, 0.3) is 0 Å². The molecule has 0 spiro atoms. The van der Waals surface area contributed by atoms with Gasteiger partial charge in [0.05, 0.1) is 6.61 Å². The van der Waals surface area contributed by atoms with Gasteiger partial charge in [0, 0.05) is 6.07 Å². The van der Waals surface area contributed by atoms with Gasteiger partial charge in [-0.25, -0.2) is 4.98 Å². The van der Waals surface area contributed by atoms with Gasteiger partial charge in [0.15, 0.2) is 0 Å². The van der Waals surface area contributed by atoms with Crippen molar-refractivity contribution >= 4 is 11.8 Å². The summed E-state index contributed by atoms with van der Waals surface area (Å²) in [6, 6.07) is 1.57. The monoisotopic (exact) mass is 211 g/mol. The van der Waals surface area contributed by atoms with Gasteiger partial charge in [-0.05, 0) is 13.8 Å². The maximum absolute atomic E-state index is 10.3. The van der Waals surface area contributed by atoms with Crippen LogP contribution in [0.15, 0.2) is 6.07 Å². The Kier molecular flexibility index (Phi) is 3.84. The molecule has 0 aliphatic rings. The van der Waals surface area contributed by atoms with E-state index in [4.69, 9.17) is 9.84 Å². The number of ether oxygens (including phenoxy) is 1. The average Bonchev–Trinajstić information content (AvgIpc) is 2.14. The maximum Gasteiger partial charge on any atom is 0.322 e. The predicted octanol–water partition coefficient (Wildman–Crippen LogP) is 0.680. The Morgan fingerprint density at radius 2 is 2.33 bits per heavy atom. The third kappa shape index (κ3) is 3.80. The van der Waals surface area contributed by atoms with Crippen LogP contribution in [0.3, 0.4) is 0 Å². The molecular formula is C9H13N3O3. The first-order valence-corrected chi connectivity index (χ1v) is 4.56. The second-order valence-corrected chi connectivity index (χ2v) is 2.82. The van der Waals surface area contributed by atoms with Crippen LogP contribution in [0.2, 0.25) is 0 Å². The van der Waals surface area contributed by atoms with Crippen molar-refractivity contribution < 1.29 is 14.6 Å². The summed E-state index contributed by atoms with van der Waals surface area (Å²) >= 11 is 0. The molecule has 0 unspecified atom stereocenters. The molecule has 1 heterocycles. The number of anilines is 1. The largest absolute Gasteiger partial charge is 0.480 e. The number of carboxylic acids is 1. The summed E-state index contributed by atoms with van der Waals surface area (Å²) in [5.74, 6) is 0.490. The van der Waals surface area contributed by atoms with Gasteiger partial charge < -0.3 is 15.2 Å². The van der Waals surface area contributed by atoms with Gasteiger partial charge in [0.2, 0.25) is 5.88 Å². The lowest BCUT2D eigenvalue weighted by molar-refractivity contribution is -0.134. The zero-order valence-corrected chi connectivity index (χ0v) is 8.65. The van der Waals surface area contributed by atoms with Crippen LogP contribution in [0.5, 0.6) is 5.88 Å². The molecular weight excluding hydrogens is 198 g/mol. The van der Waals surface area contributed by atoms with Crippen LogP contribution in [0.25, 0.3) is 0 Å². The van der Waals surface area contributed by atoms with E-state index in [1.807, 2.05) is 6.92 Å². The molecule has 0 bridgehead atoms. The lowest BCUT2D eigenvalue weighted by atomic mass is 10.5. The molecule has 1 aromatic rings.